The second-order valence-corrected chi connectivity index (χ2v) is 22.6. The summed E-state index contributed by atoms with van der Waals surface area (Å²) in [6.45, 7) is 46.0. The van der Waals surface area contributed by atoms with Crippen molar-refractivity contribution in [2.75, 3.05) is 10.6 Å². The summed E-state index contributed by atoms with van der Waals surface area (Å²) < 4.78 is 0. The Kier molecular flexibility index (Phi) is 68.4. The second-order valence-electron chi connectivity index (χ2n) is 22.6. The Balaban J connectivity index is -0.000000104. The van der Waals surface area contributed by atoms with E-state index >= 15 is 0 Å². The molecular weight excluding hydrogens is 1280 g/mol. The molecule has 6 aromatic carbocycles. The van der Waals surface area contributed by atoms with E-state index in [0.717, 1.165) is 22.7 Å². The molecule has 6 aromatic rings. The molecule has 0 spiro atoms. The Morgan fingerprint density at radius 2 is 0.455 bits per heavy atom. The molecule has 480 valence electrons. The van der Waals surface area contributed by atoms with Crippen molar-refractivity contribution in [3.05, 3.63) is 200 Å². The molecule has 0 radical (unpaired) electrons. The van der Waals surface area contributed by atoms with E-state index in [1.807, 2.05) is 36.4 Å². The summed E-state index contributed by atoms with van der Waals surface area (Å²) >= 11 is 0. The van der Waals surface area contributed by atoms with Crippen molar-refractivity contribution in [1.29, 1.82) is 21.6 Å². The third-order valence-corrected chi connectivity index (χ3v) is 12.5. The first-order valence-corrected chi connectivity index (χ1v) is 28.2. The molecule has 6 rings (SSSR count). The molecule has 0 fully saturated rings. The van der Waals surface area contributed by atoms with Gasteiger partial charge in [-0.15, -0.1) is 0 Å². The molecule has 88 heavy (non-hydrogen) atoms. The first kappa shape index (κ1) is 106. The van der Waals surface area contributed by atoms with Crippen molar-refractivity contribution >= 4 is 98.2 Å². The van der Waals surface area contributed by atoms with E-state index in [0.29, 0.717) is 70.7 Å². The molecule has 0 bridgehead atoms. The summed E-state index contributed by atoms with van der Waals surface area (Å²) in [4.78, 5) is 0. The molecule has 0 aliphatic heterocycles. The van der Waals surface area contributed by atoms with Crippen LogP contribution in [0.5, 0.6) is 0 Å². The van der Waals surface area contributed by atoms with Crippen LogP contribution in [0.4, 0.5) is 22.7 Å². The van der Waals surface area contributed by atoms with Crippen LogP contribution >= 0.6 is 0 Å². The smallest absolute Gasteiger partial charge is 1.00 e. The molecule has 0 amide bonds. The number of nitrogens with zero attached hydrogens (tertiary/aromatic N) is 2. The largest absolute Gasteiger partial charge is 3.00 e. The summed E-state index contributed by atoms with van der Waals surface area (Å²) in [5.41, 5.74) is 17.0. The molecule has 0 atom stereocenters. The van der Waals surface area contributed by atoms with Gasteiger partial charge in [0.05, 0.1) is 11.7 Å². The molecule has 0 aliphatic carbocycles. The Labute approximate surface area is 611 Å². The summed E-state index contributed by atoms with van der Waals surface area (Å²) in [6.07, 6.45) is 0. The van der Waals surface area contributed by atoms with E-state index in [1.165, 1.54) is 55.6 Å². The van der Waals surface area contributed by atoms with E-state index < -0.39 is 0 Å². The zero-order valence-corrected chi connectivity index (χ0v) is 65.3. The fourth-order valence-electron chi connectivity index (χ4n) is 8.45. The van der Waals surface area contributed by atoms with E-state index in [4.69, 9.17) is 21.6 Å². The van der Waals surface area contributed by atoms with Gasteiger partial charge >= 0.3 is 52.1 Å². The van der Waals surface area contributed by atoms with E-state index in [1.54, 1.807) is 27.7 Å². The number of rotatable bonds is 12. The standard InChI is InChI=1S/2C14H22N2.2C14H21N2.2C7H8.3Al.7ClH/c4*1-9(2)12-7-6-8-13(10(3)4)14(12)16-11(5)15;2*1-7-5-3-2-4-6-7;;;;;;;;;;/h2*6-10H,1-5H3,(H2,15,16);2*6-10H,1-5H3,(H-,15,16);2*2-6H,1H3;;;;7*1H/q;;2*-1;;;3*+3;;;;;;;/p-7. The zero-order chi connectivity index (χ0) is 59.4. The van der Waals surface area contributed by atoms with Gasteiger partial charge in [-0.05, 0) is 145 Å². The molecule has 18 heteroatoms. The van der Waals surface area contributed by atoms with E-state index in [9.17, 15) is 0 Å². The van der Waals surface area contributed by atoms with Crippen molar-refractivity contribution in [1.82, 2.24) is 0 Å². The first-order valence-electron chi connectivity index (χ1n) is 28.2. The molecule has 8 nitrogen and oxygen atoms in total. The average molecular weight is 1380 g/mol. The van der Waals surface area contributed by atoms with Gasteiger partial charge in [0, 0.05) is 11.4 Å². The summed E-state index contributed by atoms with van der Waals surface area (Å²) in [6, 6.07) is 45.9. The minimum absolute atomic E-state index is 0. The molecule has 0 aromatic heterocycles. The molecule has 0 saturated heterocycles. The van der Waals surface area contributed by atoms with Crippen LogP contribution in [-0.2, 0) is 0 Å². The topological polar surface area (TPSA) is 148 Å². The summed E-state index contributed by atoms with van der Waals surface area (Å²) in [5, 5.41) is 45.4. The maximum absolute atomic E-state index is 7.60. The summed E-state index contributed by atoms with van der Waals surface area (Å²) in [7, 11) is 0. The van der Waals surface area contributed by atoms with Gasteiger partial charge in [0.2, 0.25) is 0 Å². The number of nitrogens with one attached hydrogen (secondary N) is 6. The molecular formula is C70H102Al3Cl7N8. The van der Waals surface area contributed by atoms with E-state index in [2.05, 4.69) is 243 Å². The normalized spacial score (nSPS) is 9.34. The van der Waals surface area contributed by atoms with Crippen molar-refractivity contribution < 1.29 is 86.8 Å². The van der Waals surface area contributed by atoms with Crippen molar-refractivity contribution in [3.63, 3.8) is 0 Å². The van der Waals surface area contributed by atoms with Crippen molar-refractivity contribution in [2.24, 2.45) is 0 Å². The number of anilines is 2. The van der Waals surface area contributed by atoms with Gasteiger partial charge in [-0.1, -0.05) is 267 Å². The van der Waals surface area contributed by atoms with Gasteiger partial charge in [-0.3, -0.25) is 10.8 Å². The second kappa shape index (κ2) is 56.6. The van der Waals surface area contributed by atoms with Crippen LogP contribution in [0.15, 0.2) is 133 Å². The van der Waals surface area contributed by atoms with Gasteiger partial charge in [0.1, 0.15) is 0 Å². The van der Waals surface area contributed by atoms with E-state index in [-0.39, 0.29) is 139 Å². The van der Waals surface area contributed by atoms with Crippen LogP contribution in [-0.4, -0.2) is 75.4 Å². The Morgan fingerprint density at radius 1 is 0.284 bits per heavy atom. The van der Waals surface area contributed by atoms with Gasteiger partial charge in [-0.25, -0.2) is 0 Å². The number of hydrogen-bond donors (Lipinski definition) is 6. The van der Waals surface area contributed by atoms with Gasteiger partial charge in [0.25, 0.3) is 0 Å². The summed E-state index contributed by atoms with van der Waals surface area (Å²) in [5.74, 6) is 5.39. The van der Waals surface area contributed by atoms with Gasteiger partial charge < -0.3 is 119 Å². The number of para-hydroxylation sites is 4. The Morgan fingerprint density at radius 3 is 0.580 bits per heavy atom. The number of hydrogen-bond acceptors (Lipinski definition) is 4. The van der Waals surface area contributed by atoms with Crippen LogP contribution < -0.4 is 97.5 Å². The van der Waals surface area contributed by atoms with Crippen LogP contribution in [0.3, 0.4) is 0 Å². The molecule has 0 unspecified atom stereocenters. The Bertz CT molecular complexity index is 2340. The number of halogens is 7. The first-order chi connectivity index (χ1) is 36.5. The van der Waals surface area contributed by atoms with Crippen LogP contribution in [0.25, 0.3) is 10.6 Å². The van der Waals surface area contributed by atoms with Crippen LogP contribution in [0.1, 0.15) is 241 Å². The third kappa shape index (κ3) is 40.6. The quantitative estimate of drug-likeness (QED) is 0.0601. The van der Waals surface area contributed by atoms with Gasteiger partial charge in [-0.2, -0.15) is 0 Å². The maximum Gasteiger partial charge on any atom is 3.00 e. The molecule has 0 saturated carbocycles. The van der Waals surface area contributed by atoms with Crippen molar-refractivity contribution in [2.45, 2.75) is 200 Å². The fraction of sp³-hybridized carbons (Fsp3) is 0.429. The maximum atomic E-state index is 7.60. The predicted molar refractivity (Wildman–Crippen MR) is 365 cm³/mol. The number of aryl methyl sites for hydroxylation is 2. The number of benzene rings is 6. The minimum atomic E-state index is 0. The molecule has 6 N–H and O–H groups in total. The fourth-order valence-corrected chi connectivity index (χ4v) is 8.45. The molecule has 0 aliphatic rings. The Hall–Kier alpha value is -3.17. The van der Waals surface area contributed by atoms with Gasteiger partial charge in [0.15, 0.2) is 0 Å². The third-order valence-electron chi connectivity index (χ3n) is 12.5. The SMILES string of the molecule is CC(=N)Nc1c(C(C)C)cccc1C(C)C.CC(=N)Nc1c(C(C)C)cccc1C(C)C.CC(=N)[N-]c1c(C(C)C)cccc1C(C)C.CC(=N)[N-]c1c(C(C)C)cccc1C(C)C.Cc1ccccc1.Cc1ccccc1.[Al+3].[Al+3].[Al+3].[Cl-].[Cl-].[Cl-].[Cl-].[Cl-].[Cl-].[Cl-]. The minimum Gasteiger partial charge on any atom is -1.00 e. The van der Waals surface area contributed by atoms with Crippen LogP contribution in [0, 0.1) is 35.5 Å². The average Bonchev–Trinajstić information content (AvgIpc) is 3.34. The number of amidine groups is 4. The van der Waals surface area contributed by atoms with Crippen LogP contribution in [0.2, 0.25) is 0 Å². The van der Waals surface area contributed by atoms with Crippen molar-refractivity contribution in [3.8, 4) is 0 Å². The predicted octanol–water partition coefficient (Wildman–Crippen LogP) is 0.432. The monoisotopic (exact) mass is 1380 g/mol. The zero-order valence-electron chi connectivity index (χ0n) is 56.6. The molecule has 0 heterocycles.